The highest BCUT2D eigenvalue weighted by molar-refractivity contribution is 7.80. The molecule has 0 spiro atoms. The highest BCUT2D eigenvalue weighted by Gasteiger charge is 2.31. The Kier molecular flexibility index (Phi) is 4.67. The van der Waals surface area contributed by atoms with E-state index < -0.39 is 17.8 Å². The van der Waals surface area contributed by atoms with Crippen LogP contribution >= 0.6 is 12.2 Å². The fourth-order valence-electron chi connectivity index (χ4n) is 2.99. The van der Waals surface area contributed by atoms with Crippen LogP contribution in [0, 0.1) is 13.8 Å². The molecule has 2 heterocycles. The number of rotatable bonds is 3. The molecule has 138 valence electrons. The number of hydrogen-bond acceptors (Lipinski definition) is 4. The van der Waals surface area contributed by atoms with Gasteiger partial charge >= 0.3 is 5.97 Å². The van der Waals surface area contributed by atoms with E-state index in [4.69, 9.17) is 17.3 Å². The third-order valence-electron chi connectivity index (χ3n) is 4.45. The molecule has 1 aliphatic heterocycles. The fourth-order valence-corrected chi connectivity index (χ4v) is 3.16. The third-order valence-corrected chi connectivity index (χ3v) is 4.82. The monoisotopic (exact) mass is 383 g/mol. The minimum atomic E-state index is -0.989. The second kappa shape index (κ2) is 6.81. The molecule has 0 radical (unpaired) electrons. The lowest BCUT2D eigenvalue weighted by molar-refractivity contribution is -0.128. The molecule has 0 bridgehead atoms. The maximum Gasteiger partial charge on any atom is 0.335 e. The number of aryl methyl sites for hydroxylation is 1. The maximum atomic E-state index is 12.4. The van der Waals surface area contributed by atoms with Crippen LogP contribution in [0.5, 0.6) is 0 Å². The Balaban J connectivity index is 2.03. The summed E-state index contributed by atoms with van der Waals surface area (Å²) in [6.45, 7) is 3.76. The lowest BCUT2D eigenvalue weighted by Crippen LogP contribution is -2.52. The van der Waals surface area contributed by atoms with Gasteiger partial charge < -0.3 is 9.67 Å². The number of carbonyl (C=O) groups excluding carboxylic acids is 2. The van der Waals surface area contributed by atoms with Crippen LogP contribution in [0.25, 0.3) is 11.8 Å². The predicted molar refractivity (Wildman–Crippen MR) is 104 cm³/mol. The summed E-state index contributed by atoms with van der Waals surface area (Å²) in [6.07, 6.45) is 1.54. The van der Waals surface area contributed by atoms with Gasteiger partial charge in [-0.1, -0.05) is 0 Å². The number of nitrogens with one attached hydrogen (secondary N) is 1. The molecule has 1 aromatic heterocycles. The molecule has 27 heavy (non-hydrogen) atoms. The lowest BCUT2D eigenvalue weighted by Gasteiger charge is -2.25. The predicted octanol–water partition coefficient (Wildman–Crippen LogP) is 2.05. The molecule has 2 amide bonds. The van der Waals surface area contributed by atoms with Crippen molar-refractivity contribution in [1.29, 1.82) is 0 Å². The summed E-state index contributed by atoms with van der Waals surface area (Å²) in [5, 5.41) is 11.6. The van der Waals surface area contributed by atoms with E-state index in [-0.39, 0.29) is 16.2 Å². The van der Waals surface area contributed by atoms with E-state index in [2.05, 4.69) is 5.32 Å². The third kappa shape index (κ3) is 3.26. The average molecular weight is 383 g/mol. The minimum Gasteiger partial charge on any atom is -0.478 e. The Labute approximate surface area is 160 Å². The number of amides is 2. The van der Waals surface area contributed by atoms with Crippen molar-refractivity contribution in [3.63, 3.8) is 0 Å². The Morgan fingerprint density at radius 1 is 1.19 bits per heavy atom. The Hall–Kier alpha value is -3.26. The Morgan fingerprint density at radius 2 is 1.81 bits per heavy atom. The van der Waals surface area contributed by atoms with Crippen LogP contribution in [0.1, 0.15) is 27.3 Å². The first kappa shape index (κ1) is 18.5. The second-order valence-corrected chi connectivity index (χ2v) is 6.58. The van der Waals surface area contributed by atoms with Gasteiger partial charge in [-0.05, 0) is 68.0 Å². The van der Waals surface area contributed by atoms with Gasteiger partial charge in [0.25, 0.3) is 11.8 Å². The van der Waals surface area contributed by atoms with E-state index in [1.54, 1.807) is 18.2 Å². The molecule has 8 heteroatoms. The van der Waals surface area contributed by atoms with E-state index >= 15 is 0 Å². The van der Waals surface area contributed by atoms with Crippen LogP contribution in [0.3, 0.4) is 0 Å². The minimum absolute atomic E-state index is 0.00701. The van der Waals surface area contributed by atoms with E-state index in [1.165, 1.54) is 24.1 Å². The van der Waals surface area contributed by atoms with Crippen molar-refractivity contribution in [1.82, 2.24) is 14.8 Å². The molecule has 3 rings (SSSR count). The molecule has 0 saturated carbocycles. The first-order valence-electron chi connectivity index (χ1n) is 8.08. The normalized spacial score (nSPS) is 16.0. The molecular weight excluding hydrogens is 366 g/mol. The number of benzene rings is 1. The summed E-state index contributed by atoms with van der Waals surface area (Å²) in [6, 6.07) is 8.35. The van der Waals surface area contributed by atoms with Gasteiger partial charge in [-0.3, -0.25) is 19.8 Å². The number of thiocarbonyl (C=S) groups is 1. The summed E-state index contributed by atoms with van der Waals surface area (Å²) in [5.41, 5.74) is 3.42. The number of aromatic carboxylic acids is 1. The number of likely N-dealkylation sites (N-methyl/N-ethyl adjacent to an activating group) is 1. The zero-order valence-electron chi connectivity index (χ0n) is 14.9. The molecule has 1 aromatic carbocycles. The van der Waals surface area contributed by atoms with Gasteiger partial charge in [-0.2, -0.15) is 0 Å². The Bertz CT molecular complexity index is 1020. The molecule has 2 aromatic rings. The molecule has 1 aliphatic rings. The van der Waals surface area contributed by atoms with Crippen molar-refractivity contribution in [2.24, 2.45) is 0 Å². The van der Waals surface area contributed by atoms with Crippen molar-refractivity contribution in [2.75, 3.05) is 7.05 Å². The van der Waals surface area contributed by atoms with Gasteiger partial charge in [0.1, 0.15) is 5.57 Å². The highest BCUT2D eigenvalue weighted by atomic mass is 32.1. The van der Waals surface area contributed by atoms with Crippen LogP contribution in [0.4, 0.5) is 0 Å². The smallest absolute Gasteiger partial charge is 0.335 e. The summed E-state index contributed by atoms with van der Waals surface area (Å²) >= 11 is 4.94. The topological polar surface area (TPSA) is 91.6 Å². The van der Waals surface area contributed by atoms with Gasteiger partial charge in [-0.25, -0.2) is 4.79 Å². The van der Waals surface area contributed by atoms with Crippen LogP contribution in [-0.2, 0) is 9.59 Å². The average Bonchev–Trinajstić information content (AvgIpc) is 2.90. The first-order valence-corrected chi connectivity index (χ1v) is 8.49. The zero-order valence-corrected chi connectivity index (χ0v) is 15.8. The standard InChI is InChI=1S/C19H17N3O4S/c1-10-8-13(9-15-16(23)20-19(27)21(3)17(15)24)11(2)22(10)14-6-4-12(5-7-14)18(25)26/h4-9H,1-3H3,(H,25,26)(H,20,23,27)/b15-9-. The van der Waals surface area contributed by atoms with E-state index in [9.17, 15) is 14.4 Å². The quantitative estimate of drug-likeness (QED) is 0.481. The number of carbonyl (C=O) groups is 3. The molecular formula is C19H17N3O4S. The van der Waals surface area contributed by atoms with Crippen LogP contribution in [-0.4, -0.2) is 44.5 Å². The van der Waals surface area contributed by atoms with Crippen molar-refractivity contribution in [3.8, 4) is 5.69 Å². The molecule has 0 unspecified atom stereocenters. The molecule has 2 N–H and O–H groups in total. The van der Waals surface area contributed by atoms with Gasteiger partial charge in [0.05, 0.1) is 5.56 Å². The van der Waals surface area contributed by atoms with Crippen LogP contribution in [0.2, 0.25) is 0 Å². The highest BCUT2D eigenvalue weighted by Crippen LogP contribution is 2.24. The number of carboxylic acid groups (broad SMARTS) is 1. The summed E-state index contributed by atoms with van der Waals surface area (Å²) in [5.74, 6) is -1.98. The van der Waals surface area contributed by atoms with E-state index in [0.29, 0.717) is 0 Å². The van der Waals surface area contributed by atoms with Gasteiger partial charge in [-0.15, -0.1) is 0 Å². The molecule has 0 aliphatic carbocycles. The SMILES string of the molecule is Cc1cc(/C=C2/C(=O)NC(=S)N(C)C2=O)c(C)n1-c1ccc(C(=O)O)cc1. The van der Waals surface area contributed by atoms with Crippen molar-refractivity contribution in [2.45, 2.75) is 13.8 Å². The molecule has 1 fully saturated rings. The second-order valence-electron chi connectivity index (χ2n) is 6.20. The largest absolute Gasteiger partial charge is 0.478 e. The number of hydrogen-bond donors (Lipinski definition) is 2. The maximum absolute atomic E-state index is 12.4. The molecule has 1 saturated heterocycles. The fraction of sp³-hybridized carbons (Fsp3) is 0.158. The summed E-state index contributed by atoms with van der Waals surface area (Å²) in [4.78, 5) is 36.8. The van der Waals surface area contributed by atoms with Crippen molar-refractivity contribution in [3.05, 3.63) is 58.4 Å². The number of aromatic nitrogens is 1. The van der Waals surface area contributed by atoms with Gasteiger partial charge in [0, 0.05) is 24.1 Å². The van der Waals surface area contributed by atoms with Crippen molar-refractivity contribution < 1.29 is 19.5 Å². The Morgan fingerprint density at radius 3 is 2.41 bits per heavy atom. The summed E-state index contributed by atoms with van der Waals surface area (Å²) < 4.78 is 1.93. The van der Waals surface area contributed by atoms with E-state index in [0.717, 1.165) is 22.6 Å². The van der Waals surface area contributed by atoms with Crippen LogP contribution < -0.4 is 5.32 Å². The zero-order chi connectivity index (χ0) is 19.9. The first-order chi connectivity index (χ1) is 12.7. The molecule has 0 atom stereocenters. The van der Waals surface area contributed by atoms with E-state index in [1.807, 2.05) is 24.5 Å². The number of nitrogens with zero attached hydrogens (tertiary/aromatic N) is 2. The van der Waals surface area contributed by atoms with Gasteiger partial charge in [0.2, 0.25) is 0 Å². The van der Waals surface area contributed by atoms with Crippen LogP contribution in [0.15, 0.2) is 35.9 Å². The van der Waals surface area contributed by atoms with Crippen molar-refractivity contribution >= 4 is 41.2 Å². The van der Waals surface area contributed by atoms with Gasteiger partial charge in [0.15, 0.2) is 5.11 Å². The lowest BCUT2D eigenvalue weighted by atomic mass is 10.1. The summed E-state index contributed by atoms with van der Waals surface area (Å²) in [7, 11) is 1.51. The molecule has 7 nitrogen and oxygen atoms in total. The number of carboxylic acids is 1.